The highest BCUT2D eigenvalue weighted by Crippen LogP contribution is 2.22. The van der Waals surface area contributed by atoms with Gasteiger partial charge in [0, 0.05) is 11.8 Å². The van der Waals surface area contributed by atoms with E-state index in [9.17, 15) is 9.59 Å². The van der Waals surface area contributed by atoms with Crippen LogP contribution in [-0.4, -0.2) is 24.0 Å². The van der Waals surface area contributed by atoms with Crippen LogP contribution in [0, 0.1) is 0 Å². The lowest BCUT2D eigenvalue weighted by atomic mass is 9.86. The summed E-state index contributed by atoms with van der Waals surface area (Å²) in [4.78, 5) is 27.5. The molecule has 25 heavy (non-hydrogen) atoms. The lowest BCUT2D eigenvalue weighted by Crippen LogP contribution is -2.13. The molecular formula is C19H24N2O3S. The molecule has 0 radical (unpaired) electrons. The molecule has 134 valence electrons. The van der Waals surface area contributed by atoms with E-state index in [0.29, 0.717) is 23.7 Å². The first-order chi connectivity index (χ1) is 11.8. The summed E-state index contributed by atoms with van der Waals surface area (Å²) in [6.45, 7) is 6.54. The van der Waals surface area contributed by atoms with Crippen LogP contribution in [-0.2, 0) is 32.6 Å². The minimum absolute atomic E-state index is 0.0844. The van der Waals surface area contributed by atoms with Crippen molar-refractivity contribution in [2.24, 2.45) is 0 Å². The van der Waals surface area contributed by atoms with Gasteiger partial charge in [-0.05, 0) is 23.0 Å². The van der Waals surface area contributed by atoms with E-state index < -0.39 is 0 Å². The molecule has 1 heterocycles. The van der Waals surface area contributed by atoms with Gasteiger partial charge < -0.3 is 10.1 Å². The van der Waals surface area contributed by atoms with E-state index in [0.717, 1.165) is 5.56 Å². The highest BCUT2D eigenvalue weighted by molar-refractivity contribution is 7.13. The Morgan fingerprint density at radius 3 is 2.48 bits per heavy atom. The average molecular weight is 360 g/mol. The Labute approximate surface area is 152 Å². The summed E-state index contributed by atoms with van der Waals surface area (Å²) in [5.41, 5.74) is 3.14. The highest BCUT2D eigenvalue weighted by Gasteiger charge is 2.13. The van der Waals surface area contributed by atoms with E-state index in [2.05, 4.69) is 60.1 Å². The van der Waals surface area contributed by atoms with Crippen LogP contribution < -0.4 is 5.32 Å². The first-order valence-corrected chi connectivity index (χ1v) is 9.06. The van der Waals surface area contributed by atoms with Gasteiger partial charge in [0.25, 0.3) is 0 Å². The van der Waals surface area contributed by atoms with Crippen LogP contribution in [0.5, 0.6) is 0 Å². The van der Waals surface area contributed by atoms with Gasteiger partial charge in [0.05, 0.1) is 19.2 Å². The molecule has 0 aliphatic heterocycles. The fourth-order valence-electron chi connectivity index (χ4n) is 2.28. The molecular weight excluding hydrogens is 336 g/mol. The predicted molar refractivity (Wildman–Crippen MR) is 99.9 cm³/mol. The number of methoxy groups -OCH3 is 1. The Hall–Kier alpha value is -2.21. The smallest absolute Gasteiger partial charge is 0.311 e. The van der Waals surface area contributed by atoms with E-state index in [1.807, 2.05) is 0 Å². The Balaban J connectivity index is 1.83. The zero-order valence-electron chi connectivity index (χ0n) is 15.1. The van der Waals surface area contributed by atoms with Crippen molar-refractivity contribution in [3.63, 3.8) is 0 Å². The maximum Gasteiger partial charge on any atom is 0.311 e. The summed E-state index contributed by atoms with van der Waals surface area (Å²) in [5, 5.41) is 5.03. The van der Waals surface area contributed by atoms with Crippen molar-refractivity contribution in [3.05, 3.63) is 46.5 Å². The van der Waals surface area contributed by atoms with E-state index in [1.54, 1.807) is 5.38 Å². The SMILES string of the molecule is COC(=O)Cc1csc(NC(=O)CCc2ccc(C(C)(C)C)cc2)n1. The number of anilines is 1. The number of aromatic nitrogens is 1. The molecule has 0 fully saturated rings. The van der Waals surface area contributed by atoms with E-state index in [1.165, 1.54) is 24.0 Å². The van der Waals surface area contributed by atoms with Gasteiger partial charge in [-0.3, -0.25) is 9.59 Å². The van der Waals surface area contributed by atoms with Crippen LogP contribution in [0.2, 0.25) is 0 Å². The molecule has 0 saturated carbocycles. The number of amides is 1. The van der Waals surface area contributed by atoms with Gasteiger partial charge in [-0.15, -0.1) is 11.3 Å². The van der Waals surface area contributed by atoms with E-state index >= 15 is 0 Å². The topological polar surface area (TPSA) is 68.3 Å². The van der Waals surface area contributed by atoms with Gasteiger partial charge in [-0.1, -0.05) is 45.0 Å². The number of ether oxygens (including phenoxy) is 1. The number of rotatable bonds is 6. The lowest BCUT2D eigenvalue weighted by Gasteiger charge is -2.19. The average Bonchev–Trinajstić information content (AvgIpc) is 2.99. The fraction of sp³-hybridized carbons (Fsp3) is 0.421. The number of nitrogens with zero attached hydrogens (tertiary/aromatic N) is 1. The van der Waals surface area contributed by atoms with E-state index in [4.69, 9.17) is 0 Å². The molecule has 0 unspecified atom stereocenters. The molecule has 1 N–H and O–H groups in total. The van der Waals surface area contributed by atoms with Crippen molar-refractivity contribution in [2.75, 3.05) is 12.4 Å². The van der Waals surface area contributed by atoms with Gasteiger partial charge in [0.2, 0.25) is 5.91 Å². The maximum absolute atomic E-state index is 12.1. The van der Waals surface area contributed by atoms with Crippen LogP contribution in [0.25, 0.3) is 0 Å². The largest absolute Gasteiger partial charge is 0.469 e. The number of hydrogen-bond acceptors (Lipinski definition) is 5. The third-order valence-electron chi connectivity index (χ3n) is 3.81. The molecule has 0 atom stereocenters. The Morgan fingerprint density at radius 1 is 1.20 bits per heavy atom. The van der Waals surface area contributed by atoms with Gasteiger partial charge >= 0.3 is 5.97 Å². The zero-order chi connectivity index (χ0) is 18.4. The second kappa shape index (κ2) is 8.25. The van der Waals surface area contributed by atoms with Crippen LogP contribution in [0.1, 0.15) is 44.0 Å². The monoisotopic (exact) mass is 360 g/mol. The number of benzene rings is 1. The van der Waals surface area contributed by atoms with Crippen LogP contribution >= 0.6 is 11.3 Å². The molecule has 1 amide bonds. The van der Waals surface area contributed by atoms with Crippen molar-refractivity contribution < 1.29 is 14.3 Å². The van der Waals surface area contributed by atoms with E-state index in [-0.39, 0.29) is 23.7 Å². The van der Waals surface area contributed by atoms with Gasteiger partial charge in [-0.2, -0.15) is 0 Å². The van der Waals surface area contributed by atoms with Crippen LogP contribution in [0.15, 0.2) is 29.6 Å². The molecule has 1 aromatic carbocycles. The van der Waals surface area contributed by atoms with Crippen molar-refractivity contribution >= 4 is 28.3 Å². The zero-order valence-corrected chi connectivity index (χ0v) is 15.9. The third kappa shape index (κ3) is 5.98. The molecule has 0 aliphatic rings. The minimum Gasteiger partial charge on any atom is -0.469 e. The van der Waals surface area contributed by atoms with Crippen molar-refractivity contribution in [2.45, 2.75) is 45.4 Å². The summed E-state index contributed by atoms with van der Waals surface area (Å²) >= 11 is 1.31. The van der Waals surface area contributed by atoms with Crippen molar-refractivity contribution in [1.82, 2.24) is 4.98 Å². The molecule has 0 spiro atoms. The van der Waals surface area contributed by atoms with Crippen LogP contribution in [0.3, 0.4) is 0 Å². The Kier molecular flexibility index (Phi) is 6.31. The molecule has 2 aromatic rings. The van der Waals surface area contributed by atoms with Crippen molar-refractivity contribution in [3.8, 4) is 0 Å². The second-order valence-electron chi connectivity index (χ2n) is 6.89. The van der Waals surface area contributed by atoms with Crippen molar-refractivity contribution in [1.29, 1.82) is 0 Å². The normalized spacial score (nSPS) is 11.2. The van der Waals surface area contributed by atoms with Gasteiger partial charge in [0.1, 0.15) is 0 Å². The fourth-order valence-corrected chi connectivity index (χ4v) is 3.00. The molecule has 0 saturated heterocycles. The number of esters is 1. The molecule has 6 heteroatoms. The summed E-state index contributed by atoms with van der Waals surface area (Å²) < 4.78 is 4.60. The number of carbonyl (C=O) groups is 2. The number of nitrogens with one attached hydrogen (secondary N) is 1. The lowest BCUT2D eigenvalue weighted by molar-refractivity contribution is -0.139. The third-order valence-corrected chi connectivity index (χ3v) is 4.62. The van der Waals surface area contributed by atoms with Crippen LogP contribution in [0.4, 0.5) is 5.13 Å². The molecule has 0 bridgehead atoms. The Morgan fingerprint density at radius 2 is 1.88 bits per heavy atom. The highest BCUT2D eigenvalue weighted by atomic mass is 32.1. The number of aryl methyl sites for hydroxylation is 1. The number of hydrogen-bond donors (Lipinski definition) is 1. The summed E-state index contributed by atoms with van der Waals surface area (Å²) in [6, 6.07) is 8.39. The second-order valence-corrected chi connectivity index (χ2v) is 7.75. The minimum atomic E-state index is -0.345. The number of thiazole rings is 1. The maximum atomic E-state index is 12.1. The first kappa shape index (κ1) is 19.1. The summed E-state index contributed by atoms with van der Waals surface area (Å²) in [5.74, 6) is -0.430. The standard InChI is InChI=1S/C19H24N2O3S/c1-19(2,3)14-8-5-13(6-9-14)7-10-16(22)21-18-20-15(12-25-18)11-17(23)24-4/h5-6,8-9,12H,7,10-11H2,1-4H3,(H,20,21,22). The molecule has 1 aromatic heterocycles. The molecule has 2 rings (SSSR count). The molecule has 5 nitrogen and oxygen atoms in total. The van der Waals surface area contributed by atoms with Gasteiger partial charge in [-0.25, -0.2) is 4.98 Å². The quantitative estimate of drug-likeness (QED) is 0.797. The first-order valence-electron chi connectivity index (χ1n) is 8.18. The van der Waals surface area contributed by atoms with Gasteiger partial charge in [0.15, 0.2) is 5.13 Å². The predicted octanol–water partition coefficient (Wildman–Crippen LogP) is 3.73. The Bertz CT molecular complexity index is 730. The summed E-state index contributed by atoms with van der Waals surface area (Å²) in [6.07, 6.45) is 1.18. The summed E-state index contributed by atoms with van der Waals surface area (Å²) in [7, 11) is 1.34. The number of carbonyl (C=O) groups excluding carboxylic acids is 2. The molecule has 0 aliphatic carbocycles.